The Morgan fingerprint density at radius 1 is 1.32 bits per heavy atom. The molecule has 0 aliphatic rings. The quantitative estimate of drug-likeness (QED) is 0.882. The Hall–Kier alpha value is -1.88. The van der Waals surface area contributed by atoms with E-state index < -0.39 is 0 Å². The number of amides is 1. The maximum absolute atomic E-state index is 12.0. The molecule has 2 rings (SSSR count). The Balaban J connectivity index is 2.17. The largest absolute Gasteiger partial charge is 0.496 e. The van der Waals surface area contributed by atoms with Gasteiger partial charge in [0.05, 0.1) is 7.11 Å². The summed E-state index contributed by atoms with van der Waals surface area (Å²) in [5.74, 6) is 0.623. The van der Waals surface area contributed by atoms with Gasteiger partial charge < -0.3 is 10.1 Å². The molecule has 4 nitrogen and oxygen atoms in total. The Bertz CT molecular complexity index is 614. The summed E-state index contributed by atoms with van der Waals surface area (Å²) in [7, 11) is 1.62. The van der Waals surface area contributed by atoms with Gasteiger partial charge in [0.1, 0.15) is 10.4 Å². The summed E-state index contributed by atoms with van der Waals surface area (Å²) >= 11 is 3.24. The maximum Gasteiger partial charge on any atom is 0.255 e. The van der Waals surface area contributed by atoms with Crippen LogP contribution in [0.25, 0.3) is 0 Å². The first-order valence-electron chi connectivity index (χ1n) is 5.67. The lowest BCUT2D eigenvalue weighted by atomic mass is 10.2. The van der Waals surface area contributed by atoms with Crippen LogP contribution in [0.2, 0.25) is 0 Å². The smallest absolute Gasteiger partial charge is 0.255 e. The van der Waals surface area contributed by atoms with Gasteiger partial charge in [-0.05, 0) is 58.7 Å². The molecule has 0 saturated heterocycles. The molecular weight excluding hydrogens is 308 g/mol. The van der Waals surface area contributed by atoms with Gasteiger partial charge in [-0.25, -0.2) is 4.98 Å². The molecule has 1 N–H and O–H groups in total. The summed E-state index contributed by atoms with van der Waals surface area (Å²) < 4.78 is 5.81. The molecule has 19 heavy (non-hydrogen) atoms. The van der Waals surface area contributed by atoms with Gasteiger partial charge in [-0.2, -0.15) is 0 Å². The van der Waals surface area contributed by atoms with Crippen molar-refractivity contribution < 1.29 is 9.53 Å². The minimum Gasteiger partial charge on any atom is -0.496 e. The molecule has 0 saturated carbocycles. The number of benzene rings is 1. The average molecular weight is 321 g/mol. The fourth-order valence-electron chi connectivity index (χ4n) is 1.70. The van der Waals surface area contributed by atoms with Crippen LogP contribution in [0.5, 0.6) is 5.75 Å². The molecule has 98 valence electrons. The molecule has 0 atom stereocenters. The van der Waals surface area contributed by atoms with Crippen molar-refractivity contribution >= 4 is 27.5 Å². The lowest BCUT2D eigenvalue weighted by Gasteiger charge is -2.09. The Kier molecular flexibility index (Phi) is 4.16. The standard InChI is InChI=1S/C14H13BrN2O2/c1-9-7-11(3-4-12(9)19-2)17-14(18)10-5-6-16-13(15)8-10/h3-8H,1-2H3,(H,17,18). The second-order valence-electron chi connectivity index (χ2n) is 4.01. The minimum atomic E-state index is -0.173. The van der Waals surface area contributed by atoms with Crippen LogP contribution in [0.3, 0.4) is 0 Å². The highest BCUT2D eigenvalue weighted by atomic mass is 79.9. The number of carbonyl (C=O) groups is 1. The van der Waals surface area contributed by atoms with Crippen molar-refractivity contribution in [3.63, 3.8) is 0 Å². The number of aromatic nitrogens is 1. The van der Waals surface area contributed by atoms with Gasteiger partial charge in [-0.3, -0.25) is 4.79 Å². The number of aryl methyl sites for hydroxylation is 1. The van der Waals surface area contributed by atoms with Crippen molar-refractivity contribution in [3.8, 4) is 5.75 Å². The van der Waals surface area contributed by atoms with E-state index in [0.29, 0.717) is 10.2 Å². The molecule has 1 aromatic heterocycles. The molecule has 5 heteroatoms. The second-order valence-corrected chi connectivity index (χ2v) is 4.82. The van der Waals surface area contributed by atoms with E-state index in [1.165, 1.54) is 0 Å². The molecule has 0 unspecified atom stereocenters. The van der Waals surface area contributed by atoms with Gasteiger partial charge in [0.15, 0.2) is 0 Å². The van der Waals surface area contributed by atoms with Crippen molar-refractivity contribution in [2.45, 2.75) is 6.92 Å². The van der Waals surface area contributed by atoms with E-state index in [-0.39, 0.29) is 5.91 Å². The second kappa shape index (κ2) is 5.84. The number of anilines is 1. The number of halogens is 1. The number of carbonyl (C=O) groups excluding carboxylic acids is 1. The lowest BCUT2D eigenvalue weighted by Crippen LogP contribution is -2.12. The summed E-state index contributed by atoms with van der Waals surface area (Å²) in [6.07, 6.45) is 1.58. The van der Waals surface area contributed by atoms with Crippen molar-refractivity contribution in [1.82, 2.24) is 4.98 Å². The molecule has 0 fully saturated rings. The zero-order valence-corrected chi connectivity index (χ0v) is 12.2. The van der Waals surface area contributed by atoms with Crippen LogP contribution >= 0.6 is 15.9 Å². The number of pyridine rings is 1. The average Bonchev–Trinajstić information content (AvgIpc) is 2.39. The lowest BCUT2D eigenvalue weighted by molar-refractivity contribution is 0.102. The number of nitrogens with zero attached hydrogens (tertiary/aromatic N) is 1. The Morgan fingerprint density at radius 3 is 2.74 bits per heavy atom. The highest BCUT2D eigenvalue weighted by Gasteiger charge is 2.08. The molecule has 0 spiro atoms. The monoisotopic (exact) mass is 320 g/mol. The summed E-state index contributed by atoms with van der Waals surface area (Å²) in [5, 5.41) is 2.83. The van der Waals surface area contributed by atoms with E-state index in [1.807, 2.05) is 19.1 Å². The summed E-state index contributed by atoms with van der Waals surface area (Å²) in [6, 6.07) is 8.84. The molecule has 0 radical (unpaired) electrons. The van der Waals surface area contributed by atoms with E-state index in [4.69, 9.17) is 4.74 Å². The van der Waals surface area contributed by atoms with Crippen LogP contribution in [-0.2, 0) is 0 Å². The van der Waals surface area contributed by atoms with Crippen LogP contribution in [0.15, 0.2) is 41.1 Å². The summed E-state index contributed by atoms with van der Waals surface area (Å²) in [4.78, 5) is 16.0. The highest BCUT2D eigenvalue weighted by Crippen LogP contribution is 2.22. The number of ether oxygens (including phenoxy) is 1. The first kappa shape index (κ1) is 13.5. The van der Waals surface area contributed by atoms with Crippen molar-refractivity contribution in [3.05, 3.63) is 52.3 Å². The zero-order valence-electron chi connectivity index (χ0n) is 10.6. The fraction of sp³-hybridized carbons (Fsp3) is 0.143. The molecule has 0 aliphatic heterocycles. The molecule has 1 amide bonds. The molecule has 0 bridgehead atoms. The molecular formula is C14H13BrN2O2. The molecule has 1 heterocycles. The van der Waals surface area contributed by atoms with E-state index in [1.54, 1.807) is 31.5 Å². The SMILES string of the molecule is COc1ccc(NC(=O)c2ccnc(Br)c2)cc1C. The zero-order chi connectivity index (χ0) is 13.8. The van der Waals surface area contributed by atoms with Crippen LogP contribution in [-0.4, -0.2) is 18.0 Å². The number of hydrogen-bond donors (Lipinski definition) is 1. The third-order valence-corrected chi connectivity index (χ3v) is 3.08. The van der Waals surface area contributed by atoms with E-state index in [0.717, 1.165) is 17.0 Å². The van der Waals surface area contributed by atoms with Gasteiger partial charge in [0, 0.05) is 17.4 Å². The summed E-state index contributed by atoms with van der Waals surface area (Å²) in [6.45, 7) is 1.93. The van der Waals surface area contributed by atoms with Gasteiger partial charge in [-0.1, -0.05) is 0 Å². The number of nitrogens with one attached hydrogen (secondary N) is 1. The van der Waals surface area contributed by atoms with Crippen molar-refractivity contribution in [2.24, 2.45) is 0 Å². The molecule has 2 aromatic rings. The fourth-order valence-corrected chi connectivity index (χ4v) is 2.07. The van der Waals surface area contributed by atoms with E-state index in [9.17, 15) is 4.79 Å². The summed E-state index contributed by atoms with van der Waals surface area (Å²) in [5.41, 5.74) is 2.25. The van der Waals surface area contributed by atoms with Gasteiger partial charge in [-0.15, -0.1) is 0 Å². The third-order valence-electron chi connectivity index (χ3n) is 2.64. The van der Waals surface area contributed by atoms with Gasteiger partial charge in [0.25, 0.3) is 5.91 Å². The predicted octanol–water partition coefficient (Wildman–Crippen LogP) is 3.41. The topological polar surface area (TPSA) is 51.2 Å². The van der Waals surface area contributed by atoms with Crippen LogP contribution < -0.4 is 10.1 Å². The first-order chi connectivity index (χ1) is 9.10. The number of rotatable bonds is 3. The molecule has 0 aliphatic carbocycles. The van der Waals surface area contributed by atoms with E-state index in [2.05, 4.69) is 26.2 Å². The highest BCUT2D eigenvalue weighted by molar-refractivity contribution is 9.10. The normalized spacial score (nSPS) is 10.1. The Morgan fingerprint density at radius 2 is 2.11 bits per heavy atom. The maximum atomic E-state index is 12.0. The molecule has 1 aromatic carbocycles. The Labute approximate surface area is 119 Å². The number of methoxy groups -OCH3 is 1. The van der Waals surface area contributed by atoms with Crippen LogP contribution in [0.1, 0.15) is 15.9 Å². The van der Waals surface area contributed by atoms with Gasteiger partial charge >= 0.3 is 0 Å². The first-order valence-corrected chi connectivity index (χ1v) is 6.47. The van der Waals surface area contributed by atoms with E-state index >= 15 is 0 Å². The minimum absolute atomic E-state index is 0.173. The number of hydrogen-bond acceptors (Lipinski definition) is 3. The third kappa shape index (κ3) is 3.32. The van der Waals surface area contributed by atoms with Crippen LogP contribution in [0.4, 0.5) is 5.69 Å². The van der Waals surface area contributed by atoms with Crippen LogP contribution in [0, 0.1) is 6.92 Å². The predicted molar refractivity (Wildman–Crippen MR) is 77.6 cm³/mol. The van der Waals surface area contributed by atoms with Crippen molar-refractivity contribution in [2.75, 3.05) is 12.4 Å². The van der Waals surface area contributed by atoms with Gasteiger partial charge in [0.2, 0.25) is 0 Å². The van der Waals surface area contributed by atoms with Crippen molar-refractivity contribution in [1.29, 1.82) is 0 Å².